The summed E-state index contributed by atoms with van der Waals surface area (Å²) >= 11 is 5.84. The molecule has 0 amide bonds. The molecule has 0 aromatic heterocycles. The Labute approximate surface area is 135 Å². The molecule has 0 aliphatic carbocycles. The van der Waals surface area contributed by atoms with Gasteiger partial charge in [-0.15, -0.1) is 10.2 Å². The molecule has 114 valence electrons. The second kappa shape index (κ2) is 6.02. The quantitative estimate of drug-likeness (QED) is 0.390. The summed E-state index contributed by atoms with van der Waals surface area (Å²) in [5.74, 6) is -0.0582. The van der Waals surface area contributed by atoms with Crippen molar-refractivity contribution in [2.24, 2.45) is 10.2 Å². The highest BCUT2D eigenvalue weighted by atomic mass is 35.5. The van der Waals surface area contributed by atoms with E-state index in [-0.39, 0.29) is 27.8 Å². The van der Waals surface area contributed by atoms with Gasteiger partial charge in [-0.3, -0.25) is 10.1 Å². The van der Waals surface area contributed by atoms with E-state index < -0.39 is 4.92 Å². The van der Waals surface area contributed by atoms with Crippen molar-refractivity contribution in [2.45, 2.75) is 0 Å². The molecular formula is C16H10ClN3O3. The number of nitro benzene ring substituents is 1. The fourth-order valence-corrected chi connectivity index (χ4v) is 2.46. The van der Waals surface area contributed by atoms with Crippen molar-refractivity contribution >= 4 is 39.4 Å². The highest BCUT2D eigenvalue weighted by molar-refractivity contribution is 6.33. The molecule has 3 aromatic carbocycles. The van der Waals surface area contributed by atoms with Crippen molar-refractivity contribution in [3.05, 3.63) is 69.7 Å². The minimum absolute atomic E-state index is 0.0198. The Morgan fingerprint density at radius 1 is 1.00 bits per heavy atom. The highest BCUT2D eigenvalue weighted by Crippen LogP contribution is 2.39. The first-order chi connectivity index (χ1) is 11.1. The standard InChI is InChI=1S/C16H10ClN3O3/c17-12-6-3-7-13(16(12)20(22)23)18-19-15-11-5-2-1-4-10(11)8-9-14(15)21/h1-9,21H. The fraction of sp³-hybridized carbons (Fsp3) is 0. The van der Waals surface area contributed by atoms with E-state index in [0.29, 0.717) is 5.39 Å². The second-order valence-corrected chi connectivity index (χ2v) is 5.13. The van der Waals surface area contributed by atoms with E-state index in [9.17, 15) is 15.2 Å². The summed E-state index contributed by atoms with van der Waals surface area (Å²) in [6.45, 7) is 0. The third-order valence-electron chi connectivity index (χ3n) is 3.29. The molecule has 7 heteroatoms. The number of nitro groups is 1. The van der Waals surface area contributed by atoms with Crippen LogP contribution in [0.4, 0.5) is 17.1 Å². The maximum atomic E-state index is 11.1. The Hall–Kier alpha value is -2.99. The molecule has 0 saturated heterocycles. The fourth-order valence-electron chi connectivity index (χ4n) is 2.22. The SMILES string of the molecule is O=[N+]([O-])c1c(Cl)cccc1N=Nc1c(O)ccc2ccccc12. The van der Waals surface area contributed by atoms with Crippen molar-refractivity contribution in [1.82, 2.24) is 0 Å². The summed E-state index contributed by atoms with van der Waals surface area (Å²) < 4.78 is 0. The number of phenols is 1. The molecule has 0 saturated carbocycles. The van der Waals surface area contributed by atoms with Gasteiger partial charge >= 0.3 is 5.69 Å². The monoisotopic (exact) mass is 327 g/mol. The molecule has 3 aromatic rings. The van der Waals surface area contributed by atoms with Crippen molar-refractivity contribution < 1.29 is 10.0 Å². The molecule has 0 aliphatic rings. The van der Waals surface area contributed by atoms with Crippen LogP contribution in [0.25, 0.3) is 10.8 Å². The third kappa shape index (κ3) is 2.84. The zero-order valence-electron chi connectivity index (χ0n) is 11.7. The molecule has 0 bridgehead atoms. The summed E-state index contributed by atoms with van der Waals surface area (Å²) in [7, 11) is 0. The second-order valence-electron chi connectivity index (χ2n) is 4.72. The van der Waals surface area contributed by atoms with E-state index in [1.807, 2.05) is 18.2 Å². The van der Waals surface area contributed by atoms with Crippen LogP contribution in [0.3, 0.4) is 0 Å². The van der Waals surface area contributed by atoms with Gasteiger partial charge in [-0.05, 0) is 23.6 Å². The summed E-state index contributed by atoms with van der Waals surface area (Å²) in [6.07, 6.45) is 0. The molecule has 0 atom stereocenters. The molecular weight excluding hydrogens is 318 g/mol. The lowest BCUT2D eigenvalue weighted by Gasteiger charge is -2.04. The topological polar surface area (TPSA) is 88.1 Å². The number of fused-ring (bicyclic) bond motifs is 1. The van der Waals surface area contributed by atoms with E-state index >= 15 is 0 Å². The summed E-state index contributed by atoms with van der Waals surface area (Å²) in [5, 5.41) is 30.6. The number of halogens is 1. The van der Waals surface area contributed by atoms with Gasteiger partial charge in [0.1, 0.15) is 16.5 Å². The average Bonchev–Trinajstić information content (AvgIpc) is 2.53. The van der Waals surface area contributed by atoms with Gasteiger partial charge in [0.2, 0.25) is 0 Å². The molecule has 0 unspecified atom stereocenters. The number of benzene rings is 3. The predicted molar refractivity (Wildman–Crippen MR) is 87.9 cm³/mol. The van der Waals surface area contributed by atoms with Crippen LogP contribution in [0.15, 0.2) is 64.8 Å². The van der Waals surface area contributed by atoms with Gasteiger partial charge in [-0.2, -0.15) is 0 Å². The van der Waals surface area contributed by atoms with Gasteiger partial charge in [-0.1, -0.05) is 48.0 Å². The van der Waals surface area contributed by atoms with Gasteiger partial charge in [0, 0.05) is 5.39 Å². The normalized spacial score (nSPS) is 11.2. The summed E-state index contributed by atoms with van der Waals surface area (Å²) in [6, 6.07) is 15.0. The number of azo groups is 1. The molecule has 1 N–H and O–H groups in total. The van der Waals surface area contributed by atoms with E-state index in [0.717, 1.165) is 5.39 Å². The lowest BCUT2D eigenvalue weighted by Crippen LogP contribution is -1.89. The van der Waals surface area contributed by atoms with Gasteiger partial charge in [0.05, 0.1) is 4.92 Å². The molecule has 6 nitrogen and oxygen atoms in total. The third-order valence-corrected chi connectivity index (χ3v) is 3.59. The maximum absolute atomic E-state index is 11.1. The Kier molecular flexibility index (Phi) is 3.91. The summed E-state index contributed by atoms with van der Waals surface area (Å²) in [5.41, 5.74) is -0.0511. The van der Waals surface area contributed by atoms with Gasteiger partial charge < -0.3 is 5.11 Å². The van der Waals surface area contributed by atoms with Crippen LogP contribution in [0.2, 0.25) is 5.02 Å². The Morgan fingerprint density at radius 2 is 1.78 bits per heavy atom. The van der Waals surface area contributed by atoms with Crippen molar-refractivity contribution in [3.8, 4) is 5.75 Å². The van der Waals surface area contributed by atoms with E-state index in [4.69, 9.17) is 11.6 Å². The van der Waals surface area contributed by atoms with Gasteiger partial charge in [0.25, 0.3) is 0 Å². The number of para-hydroxylation sites is 1. The Morgan fingerprint density at radius 3 is 2.57 bits per heavy atom. The lowest BCUT2D eigenvalue weighted by molar-refractivity contribution is -0.383. The predicted octanol–water partition coefficient (Wildman–Crippen LogP) is 5.52. The lowest BCUT2D eigenvalue weighted by atomic mass is 10.1. The largest absolute Gasteiger partial charge is 0.506 e. The number of rotatable bonds is 3. The maximum Gasteiger partial charge on any atom is 0.315 e. The molecule has 0 spiro atoms. The number of hydrogen-bond donors (Lipinski definition) is 1. The van der Waals surface area contributed by atoms with Gasteiger partial charge in [0.15, 0.2) is 5.69 Å². The van der Waals surface area contributed by atoms with Crippen LogP contribution in [-0.4, -0.2) is 10.0 Å². The number of nitrogens with zero attached hydrogens (tertiary/aromatic N) is 3. The van der Waals surface area contributed by atoms with E-state index in [2.05, 4.69) is 10.2 Å². The van der Waals surface area contributed by atoms with Crippen molar-refractivity contribution in [1.29, 1.82) is 0 Å². The van der Waals surface area contributed by atoms with Crippen LogP contribution in [-0.2, 0) is 0 Å². The van der Waals surface area contributed by atoms with Crippen LogP contribution >= 0.6 is 11.6 Å². The minimum atomic E-state index is -0.611. The van der Waals surface area contributed by atoms with Crippen molar-refractivity contribution in [3.63, 3.8) is 0 Å². The molecule has 23 heavy (non-hydrogen) atoms. The van der Waals surface area contributed by atoms with Crippen molar-refractivity contribution in [2.75, 3.05) is 0 Å². The smallest absolute Gasteiger partial charge is 0.315 e. The zero-order chi connectivity index (χ0) is 16.4. The molecule has 0 fully saturated rings. The average molecular weight is 328 g/mol. The van der Waals surface area contributed by atoms with Crippen LogP contribution in [0.5, 0.6) is 5.75 Å². The Balaban J connectivity index is 2.14. The Bertz CT molecular complexity index is 941. The first-order valence-corrected chi connectivity index (χ1v) is 7.01. The molecule has 0 heterocycles. The highest BCUT2D eigenvalue weighted by Gasteiger charge is 2.18. The van der Waals surface area contributed by atoms with E-state index in [1.54, 1.807) is 18.2 Å². The number of hydrogen-bond acceptors (Lipinski definition) is 5. The number of aromatic hydroxyl groups is 1. The molecule has 0 aliphatic heterocycles. The number of phenolic OH excluding ortho intramolecular Hbond substituents is 1. The molecule has 3 rings (SSSR count). The van der Waals surface area contributed by atoms with Crippen LogP contribution in [0.1, 0.15) is 0 Å². The van der Waals surface area contributed by atoms with Crippen LogP contribution in [0, 0.1) is 10.1 Å². The first-order valence-electron chi connectivity index (χ1n) is 6.63. The van der Waals surface area contributed by atoms with Crippen LogP contribution < -0.4 is 0 Å². The summed E-state index contributed by atoms with van der Waals surface area (Å²) in [4.78, 5) is 10.5. The first kappa shape index (κ1) is 14.9. The van der Waals surface area contributed by atoms with Gasteiger partial charge in [-0.25, -0.2) is 0 Å². The zero-order valence-corrected chi connectivity index (χ0v) is 12.4. The van der Waals surface area contributed by atoms with E-state index in [1.165, 1.54) is 18.2 Å². The molecule has 0 radical (unpaired) electrons. The minimum Gasteiger partial charge on any atom is -0.506 e.